The quantitative estimate of drug-likeness (QED) is 0.785. The van der Waals surface area contributed by atoms with Crippen molar-refractivity contribution in [3.63, 3.8) is 0 Å². The molecule has 2 aromatic rings. The summed E-state index contributed by atoms with van der Waals surface area (Å²) in [6, 6.07) is 18.8. The molecule has 3 fully saturated rings. The van der Waals surface area contributed by atoms with Gasteiger partial charge in [-0.25, -0.2) is 0 Å². The van der Waals surface area contributed by atoms with Gasteiger partial charge in [0.2, 0.25) is 0 Å². The predicted octanol–water partition coefficient (Wildman–Crippen LogP) is 4.02. The maximum atomic E-state index is 2.70. The van der Waals surface area contributed by atoms with Gasteiger partial charge in [-0.2, -0.15) is 0 Å². The lowest BCUT2D eigenvalue weighted by molar-refractivity contribution is 0.0894. The molecule has 0 amide bonds. The molecule has 2 aromatic carbocycles. The Hall–Kier alpha value is -1.80. The van der Waals surface area contributed by atoms with Crippen molar-refractivity contribution in [2.24, 2.45) is 5.92 Å². The van der Waals surface area contributed by atoms with Crippen molar-refractivity contribution in [2.75, 3.05) is 24.5 Å². The Morgan fingerprint density at radius 2 is 1.30 bits per heavy atom. The normalized spacial score (nSPS) is 28.9. The van der Waals surface area contributed by atoms with Gasteiger partial charge < -0.3 is 9.80 Å². The maximum Gasteiger partial charge on any atom is 0.0498 e. The Bertz CT molecular complexity index is 668. The van der Waals surface area contributed by atoms with Crippen LogP contribution >= 0.6 is 0 Å². The molecule has 6 rings (SSSR count). The number of anilines is 2. The molecule has 0 aromatic heterocycles. The van der Waals surface area contributed by atoms with Crippen molar-refractivity contribution in [2.45, 2.75) is 31.7 Å². The van der Waals surface area contributed by atoms with Crippen LogP contribution in [0.4, 0.5) is 11.4 Å². The van der Waals surface area contributed by atoms with Crippen LogP contribution in [0.1, 0.15) is 24.0 Å². The number of piperidine rings is 3. The van der Waals surface area contributed by atoms with Gasteiger partial charge in [-0.15, -0.1) is 0 Å². The van der Waals surface area contributed by atoms with Crippen LogP contribution in [0, 0.1) is 5.92 Å². The number of hydrogen-bond donors (Lipinski definition) is 0. The van der Waals surface area contributed by atoms with Crippen molar-refractivity contribution in [3.05, 3.63) is 59.7 Å². The van der Waals surface area contributed by atoms with E-state index in [2.05, 4.69) is 58.3 Å². The molecule has 0 saturated carbocycles. The fourth-order valence-electron chi connectivity index (χ4n) is 4.90. The van der Waals surface area contributed by atoms with E-state index in [1.807, 2.05) is 0 Å². The molecule has 0 aliphatic carbocycles. The first kappa shape index (κ1) is 13.6. The standard InChI is InChI=1S/C21H24N2/c1-3-7-19-16(5-1)9-10-17-6-2-4-8-20(17)23(19)21-15-22-13-11-18(21)12-14-22/h1-8,18,21H,9-15H2/t21-/m1/s1. The summed E-state index contributed by atoms with van der Waals surface area (Å²) < 4.78 is 0. The topological polar surface area (TPSA) is 6.48 Å². The van der Waals surface area contributed by atoms with Crippen LogP contribution in [-0.4, -0.2) is 30.6 Å². The Labute approximate surface area is 138 Å². The van der Waals surface area contributed by atoms with E-state index < -0.39 is 0 Å². The molecule has 3 saturated heterocycles. The zero-order valence-corrected chi connectivity index (χ0v) is 13.6. The summed E-state index contributed by atoms with van der Waals surface area (Å²) in [4.78, 5) is 5.37. The van der Waals surface area contributed by atoms with E-state index in [1.165, 1.54) is 55.0 Å². The molecule has 0 unspecified atom stereocenters. The van der Waals surface area contributed by atoms with E-state index in [0.29, 0.717) is 6.04 Å². The number of rotatable bonds is 1. The van der Waals surface area contributed by atoms with Gasteiger partial charge in [0.15, 0.2) is 0 Å². The maximum absolute atomic E-state index is 2.70. The van der Waals surface area contributed by atoms with Crippen LogP contribution < -0.4 is 4.90 Å². The molecule has 118 valence electrons. The summed E-state index contributed by atoms with van der Waals surface area (Å²) in [6.07, 6.45) is 5.05. The summed E-state index contributed by atoms with van der Waals surface area (Å²) >= 11 is 0. The van der Waals surface area contributed by atoms with Gasteiger partial charge in [0.05, 0.1) is 0 Å². The van der Waals surface area contributed by atoms with Crippen LogP contribution in [0.15, 0.2) is 48.5 Å². The van der Waals surface area contributed by atoms with Gasteiger partial charge in [0.25, 0.3) is 0 Å². The number of benzene rings is 2. The third-order valence-corrected chi connectivity index (χ3v) is 6.12. The van der Waals surface area contributed by atoms with Crippen molar-refractivity contribution < 1.29 is 0 Å². The van der Waals surface area contributed by atoms with Gasteiger partial charge in [0.1, 0.15) is 0 Å². The molecule has 0 spiro atoms. The second-order valence-electron chi connectivity index (χ2n) is 7.33. The van der Waals surface area contributed by atoms with Crippen LogP contribution in [0.25, 0.3) is 0 Å². The zero-order valence-electron chi connectivity index (χ0n) is 13.6. The smallest absolute Gasteiger partial charge is 0.0498 e. The van der Waals surface area contributed by atoms with E-state index in [9.17, 15) is 0 Å². The number of fused-ring (bicyclic) bond motifs is 5. The van der Waals surface area contributed by atoms with Crippen LogP contribution in [0.2, 0.25) is 0 Å². The Morgan fingerprint density at radius 1 is 0.739 bits per heavy atom. The molecule has 0 N–H and O–H groups in total. The molecule has 2 bridgehead atoms. The Balaban J connectivity index is 1.66. The molecule has 1 atom stereocenters. The fourth-order valence-corrected chi connectivity index (χ4v) is 4.90. The summed E-state index contributed by atoms with van der Waals surface area (Å²) in [5.74, 6) is 0.846. The third-order valence-electron chi connectivity index (χ3n) is 6.12. The molecular weight excluding hydrogens is 280 g/mol. The summed E-state index contributed by atoms with van der Waals surface area (Å²) in [6.45, 7) is 3.84. The van der Waals surface area contributed by atoms with E-state index in [0.717, 1.165) is 18.8 Å². The summed E-state index contributed by atoms with van der Waals surface area (Å²) in [7, 11) is 0. The highest BCUT2D eigenvalue weighted by Crippen LogP contribution is 2.42. The molecule has 2 nitrogen and oxygen atoms in total. The van der Waals surface area contributed by atoms with Crippen molar-refractivity contribution >= 4 is 11.4 Å². The highest BCUT2D eigenvalue weighted by atomic mass is 15.3. The van der Waals surface area contributed by atoms with Crippen molar-refractivity contribution in [1.82, 2.24) is 4.90 Å². The Kier molecular flexibility index (Phi) is 3.19. The fraction of sp³-hybridized carbons (Fsp3) is 0.429. The molecule has 4 heterocycles. The van der Waals surface area contributed by atoms with Crippen LogP contribution in [0.3, 0.4) is 0 Å². The minimum absolute atomic E-state index is 0.637. The van der Waals surface area contributed by atoms with Gasteiger partial charge in [-0.05, 0) is 68.0 Å². The monoisotopic (exact) mass is 304 g/mol. The van der Waals surface area contributed by atoms with Gasteiger partial charge in [0, 0.05) is 24.0 Å². The molecule has 2 heteroatoms. The second kappa shape index (κ2) is 5.38. The number of para-hydroxylation sites is 2. The average Bonchev–Trinajstić information content (AvgIpc) is 2.79. The minimum Gasteiger partial charge on any atom is -0.336 e. The van der Waals surface area contributed by atoms with Crippen LogP contribution in [0.5, 0.6) is 0 Å². The van der Waals surface area contributed by atoms with E-state index in [-0.39, 0.29) is 0 Å². The van der Waals surface area contributed by atoms with E-state index in [4.69, 9.17) is 0 Å². The first-order chi connectivity index (χ1) is 11.4. The number of nitrogens with zero attached hydrogens (tertiary/aromatic N) is 2. The molecule has 0 radical (unpaired) electrons. The lowest BCUT2D eigenvalue weighted by Gasteiger charge is -2.50. The first-order valence-electron chi connectivity index (χ1n) is 9.07. The van der Waals surface area contributed by atoms with Crippen LogP contribution in [-0.2, 0) is 12.8 Å². The Morgan fingerprint density at radius 3 is 1.83 bits per heavy atom. The van der Waals surface area contributed by atoms with Gasteiger partial charge in [-0.3, -0.25) is 0 Å². The van der Waals surface area contributed by atoms with Gasteiger partial charge in [-0.1, -0.05) is 36.4 Å². The predicted molar refractivity (Wildman–Crippen MR) is 95.4 cm³/mol. The third kappa shape index (κ3) is 2.20. The molecule has 4 aliphatic rings. The van der Waals surface area contributed by atoms with Crippen molar-refractivity contribution in [3.8, 4) is 0 Å². The highest BCUT2D eigenvalue weighted by molar-refractivity contribution is 5.72. The average molecular weight is 304 g/mol. The number of hydrogen-bond acceptors (Lipinski definition) is 2. The highest BCUT2D eigenvalue weighted by Gasteiger charge is 2.39. The first-order valence-corrected chi connectivity index (χ1v) is 9.07. The SMILES string of the molecule is c1ccc2c(c1)CCc1ccccc1N2[C@@H]1CN2CCC1CC2. The summed E-state index contributed by atoms with van der Waals surface area (Å²) in [5.41, 5.74) is 5.94. The molecular formula is C21H24N2. The lowest BCUT2D eigenvalue weighted by atomic mass is 9.82. The lowest BCUT2D eigenvalue weighted by Crippen LogP contribution is -2.56. The van der Waals surface area contributed by atoms with E-state index in [1.54, 1.807) is 0 Å². The van der Waals surface area contributed by atoms with Gasteiger partial charge >= 0.3 is 0 Å². The largest absolute Gasteiger partial charge is 0.336 e. The molecule has 4 aliphatic heterocycles. The molecule has 23 heavy (non-hydrogen) atoms. The minimum atomic E-state index is 0.637. The number of aryl methyl sites for hydroxylation is 2. The zero-order chi connectivity index (χ0) is 15.2. The van der Waals surface area contributed by atoms with Crippen molar-refractivity contribution in [1.29, 1.82) is 0 Å². The summed E-state index contributed by atoms with van der Waals surface area (Å²) in [5, 5.41) is 0. The second-order valence-corrected chi connectivity index (χ2v) is 7.33. The van der Waals surface area contributed by atoms with E-state index >= 15 is 0 Å².